The van der Waals surface area contributed by atoms with Crippen molar-refractivity contribution in [1.82, 2.24) is 20.2 Å². The number of aliphatic carboxylic acids is 1. The molecule has 2 aromatic heterocycles. The summed E-state index contributed by atoms with van der Waals surface area (Å²) in [7, 11) is 0. The summed E-state index contributed by atoms with van der Waals surface area (Å²) in [6.07, 6.45) is 5.44. The zero-order valence-electron chi connectivity index (χ0n) is 16.5. The third-order valence-corrected chi connectivity index (χ3v) is 5.77. The van der Waals surface area contributed by atoms with Gasteiger partial charge in [-0.1, -0.05) is 24.3 Å². The van der Waals surface area contributed by atoms with Gasteiger partial charge in [-0.15, -0.1) is 0 Å². The molecule has 0 saturated heterocycles. The van der Waals surface area contributed by atoms with Crippen LogP contribution >= 0.6 is 0 Å². The van der Waals surface area contributed by atoms with E-state index in [4.69, 9.17) is 0 Å². The van der Waals surface area contributed by atoms with E-state index in [9.17, 15) is 19.5 Å². The fourth-order valence-corrected chi connectivity index (χ4v) is 4.04. The number of carboxylic acid groups (broad SMARTS) is 1. The summed E-state index contributed by atoms with van der Waals surface area (Å²) in [4.78, 5) is 36.7. The lowest BCUT2D eigenvalue weighted by atomic mass is 10.0. The van der Waals surface area contributed by atoms with Gasteiger partial charge in [-0.25, -0.2) is 9.31 Å². The quantitative estimate of drug-likeness (QED) is 0.505. The molecule has 9 heteroatoms. The highest BCUT2D eigenvalue weighted by Gasteiger charge is 2.38. The number of hydrogen-bond acceptors (Lipinski definition) is 4. The van der Waals surface area contributed by atoms with Crippen molar-refractivity contribution in [1.29, 1.82) is 0 Å². The van der Waals surface area contributed by atoms with Gasteiger partial charge in [0, 0.05) is 6.04 Å². The molecule has 1 aromatic carbocycles. The molecule has 0 radical (unpaired) electrons. The van der Waals surface area contributed by atoms with Crippen molar-refractivity contribution in [3.05, 3.63) is 65.5 Å². The first-order valence-electron chi connectivity index (χ1n) is 10.2. The second-order valence-electron chi connectivity index (χ2n) is 7.98. The van der Waals surface area contributed by atoms with Crippen molar-refractivity contribution in [3.63, 3.8) is 0 Å². The van der Waals surface area contributed by atoms with E-state index >= 15 is 0 Å². The number of hydrogen-bond donors (Lipinski definition) is 4. The molecule has 158 valence electrons. The van der Waals surface area contributed by atoms with Gasteiger partial charge in [0.15, 0.2) is 0 Å². The van der Waals surface area contributed by atoms with Crippen LogP contribution in [-0.2, 0) is 11.2 Å². The Morgan fingerprint density at radius 1 is 1.06 bits per heavy atom. The number of pyridine rings is 1. The number of amides is 3. The number of carboxylic acids is 1. The zero-order chi connectivity index (χ0) is 21.5. The van der Waals surface area contributed by atoms with Gasteiger partial charge in [0.05, 0.1) is 41.1 Å². The predicted molar refractivity (Wildman–Crippen MR) is 112 cm³/mol. The molecular weight excluding hydrogens is 398 g/mol. The maximum absolute atomic E-state index is 13.0. The van der Waals surface area contributed by atoms with Crippen molar-refractivity contribution in [2.75, 3.05) is 5.32 Å². The number of nitrogens with zero attached hydrogens (tertiary/aromatic N) is 2. The SMILES string of the molecule is O=C(Nc1ccc2c(C(=O)N[C@@H]3c4ccccc4C[C@@H]3C(=O)O)cnn2c1)NC1CC1. The van der Waals surface area contributed by atoms with Gasteiger partial charge in [0.25, 0.3) is 5.91 Å². The largest absolute Gasteiger partial charge is 0.481 e. The number of rotatable bonds is 5. The second-order valence-corrected chi connectivity index (χ2v) is 7.98. The highest BCUT2D eigenvalue weighted by molar-refractivity contribution is 6.01. The summed E-state index contributed by atoms with van der Waals surface area (Å²) in [6.45, 7) is 0. The molecular formula is C22H21N5O4. The monoisotopic (exact) mass is 419 g/mol. The molecule has 31 heavy (non-hydrogen) atoms. The molecule has 0 bridgehead atoms. The van der Waals surface area contributed by atoms with E-state index in [1.54, 1.807) is 18.3 Å². The average Bonchev–Trinajstić information content (AvgIpc) is 3.33. The van der Waals surface area contributed by atoms with Gasteiger partial charge in [0.2, 0.25) is 0 Å². The smallest absolute Gasteiger partial charge is 0.319 e. The van der Waals surface area contributed by atoms with Crippen LogP contribution in [0.1, 0.15) is 40.4 Å². The lowest BCUT2D eigenvalue weighted by Gasteiger charge is -2.18. The third kappa shape index (κ3) is 3.70. The van der Waals surface area contributed by atoms with Crippen LogP contribution in [0.5, 0.6) is 0 Å². The van der Waals surface area contributed by atoms with Gasteiger partial charge in [0.1, 0.15) is 0 Å². The van der Waals surface area contributed by atoms with E-state index in [0.717, 1.165) is 24.0 Å². The molecule has 3 amide bonds. The van der Waals surface area contributed by atoms with Crippen molar-refractivity contribution >= 4 is 29.1 Å². The van der Waals surface area contributed by atoms with Crippen LogP contribution in [0.15, 0.2) is 48.8 Å². The first-order chi connectivity index (χ1) is 15.0. The van der Waals surface area contributed by atoms with Crippen LogP contribution in [0.25, 0.3) is 5.52 Å². The molecule has 2 heterocycles. The minimum atomic E-state index is -0.943. The normalized spacial score (nSPS) is 19.6. The topological polar surface area (TPSA) is 125 Å². The van der Waals surface area contributed by atoms with E-state index in [-0.39, 0.29) is 12.1 Å². The van der Waals surface area contributed by atoms with Crippen LogP contribution < -0.4 is 16.0 Å². The van der Waals surface area contributed by atoms with Crippen molar-refractivity contribution < 1.29 is 19.5 Å². The molecule has 3 aromatic rings. The second kappa shape index (κ2) is 7.42. The summed E-state index contributed by atoms with van der Waals surface area (Å²) in [5.41, 5.74) is 3.20. The van der Waals surface area contributed by atoms with E-state index in [2.05, 4.69) is 21.0 Å². The molecule has 2 atom stereocenters. The fraction of sp³-hybridized carbons (Fsp3) is 0.273. The van der Waals surface area contributed by atoms with Crippen LogP contribution in [0.3, 0.4) is 0 Å². The minimum absolute atomic E-state index is 0.249. The number of urea groups is 1. The highest BCUT2D eigenvalue weighted by atomic mass is 16.4. The van der Waals surface area contributed by atoms with Crippen LogP contribution in [0, 0.1) is 5.92 Å². The summed E-state index contributed by atoms with van der Waals surface area (Å²) >= 11 is 0. The maximum Gasteiger partial charge on any atom is 0.319 e. The van der Waals surface area contributed by atoms with Crippen LogP contribution in [0.4, 0.5) is 10.5 Å². The summed E-state index contributed by atoms with van der Waals surface area (Å²) in [5, 5.41) is 22.3. The standard InChI is InChI=1S/C22H21N5O4/c28-20(26-19-15-4-2-1-3-12(15)9-16(19)21(29)30)17-10-23-27-11-14(7-8-18(17)27)25-22(31)24-13-5-6-13/h1-4,7-8,10-11,13,16,19H,5-6,9H2,(H,26,28)(H,29,30)(H2,24,25,31)/t16-,19+/m0/s1. The number of nitrogens with one attached hydrogen (secondary N) is 3. The number of carbonyl (C=O) groups is 3. The van der Waals surface area contributed by atoms with Crippen molar-refractivity contribution in [2.45, 2.75) is 31.3 Å². The van der Waals surface area contributed by atoms with E-state index < -0.39 is 23.8 Å². The molecule has 0 unspecified atom stereocenters. The van der Waals surface area contributed by atoms with Crippen LogP contribution in [0.2, 0.25) is 0 Å². The lowest BCUT2D eigenvalue weighted by molar-refractivity contribution is -0.142. The fourth-order valence-electron chi connectivity index (χ4n) is 4.04. The Morgan fingerprint density at radius 3 is 2.65 bits per heavy atom. The molecule has 2 aliphatic carbocycles. The number of benzene rings is 1. The van der Waals surface area contributed by atoms with E-state index in [1.807, 2.05) is 24.3 Å². The van der Waals surface area contributed by atoms with Gasteiger partial charge in [-0.05, 0) is 42.5 Å². The minimum Gasteiger partial charge on any atom is -0.481 e. The number of anilines is 1. The van der Waals surface area contributed by atoms with Gasteiger partial charge < -0.3 is 21.1 Å². The van der Waals surface area contributed by atoms with Gasteiger partial charge in [-0.2, -0.15) is 5.10 Å². The number of aromatic nitrogens is 2. The molecule has 0 aliphatic heterocycles. The Bertz CT molecular complexity index is 1200. The summed E-state index contributed by atoms with van der Waals surface area (Å²) in [6, 6.07) is 10.2. The third-order valence-electron chi connectivity index (χ3n) is 5.77. The van der Waals surface area contributed by atoms with Gasteiger partial charge >= 0.3 is 12.0 Å². The van der Waals surface area contributed by atoms with Gasteiger partial charge in [-0.3, -0.25) is 9.59 Å². The summed E-state index contributed by atoms with van der Waals surface area (Å²) < 4.78 is 1.51. The Kier molecular flexibility index (Phi) is 4.58. The predicted octanol–water partition coefficient (Wildman–Crippen LogP) is 2.35. The molecule has 1 fully saturated rings. The Hall–Kier alpha value is -3.88. The van der Waals surface area contributed by atoms with Crippen molar-refractivity contribution in [2.24, 2.45) is 5.92 Å². The molecule has 2 aliphatic rings. The van der Waals surface area contributed by atoms with Crippen molar-refractivity contribution in [3.8, 4) is 0 Å². The average molecular weight is 419 g/mol. The van der Waals surface area contributed by atoms with E-state index in [0.29, 0.717) is 23.2 Å². The number of fused-ring (bicyclic) bond motifs is 2. The molecule has 5 rings (SSSR count). The van der Waals surface area contributed by atoms with E-state index in [1.165, 1.54) is 10.7 Å². The van der Waals surface area contributed by atoms with Crippen LogP contribution in [-0.4, -0.2) is 38.7 Å². The lowest BCUT2D eigenvalue weighted by Crippen LogP contribution is -2.34. The molecule has 0 spiro atoms. The molecule has 4 N–H and O–H groups in total. The Morgan fingerprint density at radius 2 is 1.87 bits per heavy atom. The maximum atomic E-state index is 13.0. The molecule has 9 nitrogen and oxygen atoms in total. The first-order valence-corrected chi connectivity index (χ1v) is 10.2. The Labute approximate surface area is 177 Å². The zero-order valence-corrected chi connectivity index (χ0v) is 16.5. The molecule has 1 saturated carbocycles. The first kappa shape index (κ1) is 19.1. The summed E-state index contributed by atoms with van der Waals surface area (Å²) in [5.74, 6) is -2.05. The number of carbonyl (C=O) groups excluding carboxylic acids is 2. The highest BCUT2D eigenvalue weighted by Crippen LogP contribution is 2.36. The Balaban J connectivity index is 1.36.